The summed E-state index contributed by atoms with van der Waals surface area (Å²) in [6, 6.07) is 5.22. The summed E-state index contributed by atoms with van der Waals surface area (Å²) in [6.07, 6.45) is 0.734. The molecule has 3 aromatic heterocycles. The summed E-state index contributed by atoms with van der Waals surface area (Å²) in [5.74, 6) is -0.370. The molecule has 0 bridgehead atoms. The SMILES string of the molecule is Cc1cc(Nc2nccn3c(-c4c[nH]nc4C(F)(F)F)cnc23)ccc1C(=O)N1CCN(C(=O)[C@@H]2CNCC[C@H]2O)CC1. The maximum absolute atomic E-state index is 13.4. The van der Waals surface area contributed by atoms with E-state index in [9.17, 15) is 27.9 Å². The maximum Gasteiger partial charge on any atom is 0.435 e. The molecule has 2 aliphatic rings. The van der Waals surface area contributed by atoms with Crippen LogP contribution in [0.1, 0.15) is 28.0 Å². The van der Waals surface area contributed by atoms with Gasteiger partial charge in [-0.15, -0.1) is 0 Å². The van der Waals surface area contributed by atoms with Gasteiger partial charge >= 0.3 is 6.18 Å². The van der Waals surface area contributed by atoms with Crippen molar-refractivity contribution in [2.24, 2.45) is 5.92 Å². The number of amides is 2. The predicted molar refractivity (Wildman–Crippen MR) is 149 cm³/mol. The minimum absolute atomic E-state index is 0.0859. The zero-order valence-corrected chi connectivity index (χ0v) is 23.2. The molecule has 0 spiro atoms. The van der Waals surface area contributed by atoms with E-state index in [1.165, 1.54) is 29.2 Å². The number of aromatic amines is 1. The van der Waals surface area contributed by atoms with Gasteiger partial charge < -0.3 is 25.5 Å². The van der Waals surface area contributed by atoms with Crippen molar-refractivity contribution in [1.82, 2.24) is 39.7 Å². The summed E-state index contributed by atoms with van der Waals surface area (Å²) >= 11 is 0. The lowest BCUT2D eigenvalue weighted by atomic mass is 9.94. The third-order valence-corrected chi connectivity index (χ3v) is 7.97. The minimum atomic E-state index is -4.63. The summed E-state index contributed by atoms with van der Waals surface area (Å²) in [5, 5.41) is 22.2. The van der Waals surface area contributed by atoms with E-state index in [0.717, 1.165) is 0 Å². The molecule has 0 unspecified atom stereocenters. The number of nitrogens with zero attached hydrogens (tertiary/aromatic N) is 6. The van der Waals surface area contributed by atoms with E-state index in [-0.39, 0.29) is 23.1 Å². The smallest absolute Gasteiger partial charge is 0.392 e. The van der Waals surface area contributed by atoms with Crippen LogP contribution in [0, 0.1) is 12.8 Å². The number of imidazole rings is 1. The van der Waals surface area contributed by atoms with Crippen LogP contribution in [0.3, 0.4) is 0 Å². The first-order valence-electron chi connectivity index (χ1n) is 13.9. The second-order valence-electron chi connectivity index (χ2n) is 10.7. The van der Waals surface area contributed by atoms with Crippen LogP contribution in [0.2, 0.25) is 0 Å². The Balaban J connectivity index is 1.14. The number of nitrogens with one attached hydrogen (secondary N) is 3. The van der Waals surface area contributed by atoms with Crippen molar-refractivity contribution in [3.05, 3.63) is 59.8 Å². The molecule has 2 fully saturated rings. The van der Waals surface area contributed by atoms with E-state index in [2.05, 4.69) is 30.8 Å². The van der Waals surface area contributed by atoms with E-state index >= 15 is 0 Å². The lowest BCUT2D eigenvalue weighted by Gasteiger charge is -2.38. The summed E-state index contributed by atoms with van der Waals surface area (Å²) in [4.78, 5) is 38.3. The number of carbonyl (C=O) groups is 2. The van der Waals surface area contributed by atoms with Gasteiger partial charge in [0.1, 0.15) is 0 Å². The van der Waals surface area contributed by atoms with Crippen molar-refractivity contribution < 1.29 is 27.9 Å². The highest BCUT2D eigenvalue weighted by atomic mass is 19.4. The van der Waals surface area contributed by atoms with Crippen LogP contribution in [0.5, 0.6) is 0 Å². The summed E-state index contributed by atoms with van der Waals surface area (Å²) in [6.45, 7) is 4.54. The molecule has 43 heavy (non-hydrogen) atoms. The number of aliphatic hydroxyl groups is 1. The Morgan fingerprint density at radius 1 is 1.12 bits per heavy atom. The molecule has 5 heterocycles. The number of carbonyl (C=O) groups excluding carboxylic acids is 2. The van der Waals surface area contributed by atoms with Gasteiger partial charge in [0.2, 0.25) is 5.91 Å². The molecule has 2 atom stereocenters. The van der Waals surface area contributed by atoms with Gasteiger partial charge in [-0.3, -0.25) is 19.1 Å². The second kappa shape index (κ2) is 11.3. The van der Waals surface area contributed by atoms with Crippen molar-refractivity contribution in [3.63, 3.8) is 0 Å². The molecule has 1 aromatic carbocycles. The van der Waals surface area contributed by atoms with Gasteiger partial charge in [-0.2, -0.15) is 18.3 Å². The van der Waals surface area contributed by atoms with Crippen LogP contribution in [0.4, 0.5) is 24.7 Å². The van der Waals surface area contributed by atoms with Gasteiger partial charge in [-0.1, -0.05) is 0 Å². The van der Waals surface area contributed by atoms with Gasteiger partial charge in [0.25, 0.3) is 5.91 Å². The Bertz CT molecular complexity index is 1660. The van der Waals surface area contributed by atoms with E-state index < -0.39 is 23.9 Å². The monoisotopic (exact) mass is 597 g/mol. The van der Waals surface area contributed by atoms with E-state index in [0.29, 0.717) is 74.0 Å². The average Bonchev–Trinajstić information content (AvgIpc) is 3.65. The normalized spacial score (nSPS) is 19.6. The molecule has 6 rings (SSSR count). The van der Waals surface area contributed by atoms with Crippen molar-refractivity contribution in [2.75, 3.05) is 44.6 Å². The number of rotatable bonds is 5. The van der Waals surface area contributed by atoms with Gasteiger partial charge in [0.05, 0.1) is 29.5 Å². The van der Waals surface area contributed by atoms with Crippen molar-refractivity contribution >= 4 is 29.0 Å². The zero-order chi connectivity index (χ0) is 30.3. The number of aryl methyl sites for hydroxylation is 1. The first-order valence-corrected chi connectivity index (χ1v) is 13.9. The number of hydrogen-bond donors (Lipinski definition) is 4. The van der Waals surface area contributed by atoms with Crippen LogP contribution in [0.15, 0.2) is 43.0 Å². The highest BCUT2D eigenvalue weighted by Crippen LogP contribution is 2.36. The summed E-state index contributed by atoms with van der Waals surface area (Å²) in [5.41, 5.74) is 1.20. The van der Waals surface area contributed by atoms with Crippen molar-refractivity contribution in [1.29, 1.82) is 0 Å². The number of H-pyrrole nitrogens is 1. The first kappa shape index (κ1) is 28.6. The fourth-order valence-electron chi connectivity index (χ4n) is 5.66. The number of fused-ring (bicyclic) bond motifs is 1. The molecule has 4 N–H and O–H groups in total. The Morgan fingerprint density at radius 2 is 1.88 bits per heavy atom. The number of piperazine rings is 1. The maximum atomic E-state index is 13.4. The predicted octanol–water partition coefficient (Wildman–Crippen LogP) is 2.45. The highest BCUT2D eigenvalue weighted by molar-refractivity contribution is 5.96. The van der Waals surface area contributed by atoms with E-state index in [1.54, 1.807) is 28.0 Å². The molecule has 0 saturated carbocycles. The fourth-order valence-corrected chi connectivity index (χ4v) is 5.66. The number of aliphatic hydroxyl groups excluding tert-OH is 1. The third kappa shape index (κ3) is 5.52. The zero-order valence-electron chi connectivity index (χ0n) is 23.2. The average molecular weight is 598 g/mol. The molecule has 2 aliphatic heterocycles. The molecular weight excluding hydrogens is 567 g/mol. The number of alkyl halides is 3. The van der Waals surface area contributed by atoms with Gasteiger partial charge in [-0.05, 0) is 43.7 Å². The number of benzene rings is 1. The lowest BCUT2D eigenvalue weighted by Crippen LogP contribution is -2.55. The molecule has 4 aromatic rings. The van der Waals surface area contributed by atoms with E-state index in [1.807, 2.05) is 6.92 Å². The Labute approximate surface area is 243 Å². The first-order chi connectivity index (χ1) is 20.6. The highest BCUT2D eigenvalue weighted by Gasteiger charge is 2.38. The third-order valence-electron chi connectivity index (χ3n) is 7.97. The molecule has 0 radical (unpaired) electrons. The molecule has 12 nitrogen and oxygen atoms in total. The minimum Gasteiger partial charge on any atom is -0.392 e. The van der Waals surface area contributed by atoms with Gasteiger partial charge in [0.15, 0.2) is 17.2 Å². The van der Waals surface area contributed by atoms with Crippen molar-refractivity contribution in [2.45, 2.75) is 25.6 Å². The molecule has 2 amide bonds. The van der Waals surface area contributed by atoms with E-state index in [4.69, 9.17) is 0 Å². The van der Waals surface area contributed by atoms with Crippen LogP contribution < -0.4 is 10.6 Å². The van der Waals surface area contributed by atoms with Crippen LogP contribution >= 0.6 is 0 Å². The summed E-state index contributed by atoms with van der Waals surface area (Å²) in [7, 11) is 0. The number of anilines is 2. The van der Waals surface area contributed by atoms with Crippen LogP contribution in [0.25, 0.3) is 16.9 Å². The van der Waals surface area contributed by atoms with Gasteiger partial charge in [-0.25, -0.2) is 9.97 Å². The molecular formula is C28H30F3N9O3. The number of hydrogen-bond acceptors (Lipinski definition) is 8. The number of halogens is 3. The molecule has 15 heteroatoms. The van der Waals surface area contributed by atoms with Crippen molar-refractivity contribution in [3.8, 4) is 11.3 Å². The Morgan fingerprint density at radius 3 is 2.60 bits per heavy atom. The fraction of sp³-hybridized carbons (Fsp3) is 0.393. The lowest BCUT2D eigenvalue weighted by molar-refractivity contribution is -0.142. The molecule has 0 aliphatic carbocycles. The van der Waals surface area contributed by atoms with Crippen LogP contribution in [-0.2, 0) is 11.0 Å². The standard InChI is InChI=1S/C28H30F3N9O3/c1-16-12-17(36-24-25-34-15-21(40(25)7-6-33-24)19-14-35-37-23(19)28(29,30)31)2-3-18(16)26(42)38-8-10-39(11-9-38)27(43)20-13-32-5-4-22(20)41/h2-3,6-7,12,14-15,20,22,32,41H,4-5,8-11,13H2,1H3,(H,33,36)(H,35,37)/t20-,22-/m1/s1. The Kier molecular flexibility index (Phi) is 7.52. The largest absolute Gasteiger partial charge is 0.435 e. The second-order valence-corrected chi connectivity index (χ2v) is 10.7. The molecule has 2 saturated heterocycles. The van der Waals surface area contributed by atoms with Gasteiger partial charge in [0, 0.05) is 62.6 Å². The molecule has 226 valence electrons. The Hall–Kier alpha value is -4.50. The quantitative estimate of drug-likeness (QED) is 0.275. The summed E-state index contributed by atoms with van der Waals surface area (Å²) < 4.78 is 41.8. The van der Waals surface area contributed by atoms with Crippen LogP contribution in [-0.4, -0.2) is 96.7 Å². The number of aromatic nitrogens is 5. The topological polar surface area (TPSA) is 144 Å². The number of piperidine rings is 1.